The number of hydrogen-bond acceptors (Lipinski definition) is 0. The normalized spacial score (nSPS) is 34.3. The lowest BCUT2D eigenvalue weighted by Gasteiger charge is -2.45. The summed E-state index contributed by atoms with van der Waals surface area (Å²) in [6.07, 6.45) is 13.2. The molecule has 81 valence electrons. The van der Waals surface area contributed by atoms with Crippen LogP contribution in [-0.2, 0) is 0 Å². The molecule has 2 rings (SSSR count). The molecule has 0 heterocycles. The van der Waals surface area contributed by atoms with E-state index in [9.17, 15) is 0 Å². The number of rotatable bonds is 1. The van der Waals surface area contributed by atoms with E-state index in [-0.39, 0.29) is 0 Å². The highest BCUT2D eigenvalue weighted by molar-refractivity contribution is 5.10. The first-order chi connectivity index (χ1) is 6.72. The van der Waals surface area contributed by atoms with Crippen molar-refractivity contribution in [3.63, 3.8) is 0 Å². The van der Waals surface area contributed by atoms with Gasteiger partial charge in [0, 0.05) is 0 Å². The summed E-state index contributed by atoms with van der Waals surface area (Å²) in [5, 5.41) is 0. The SMILES string of the molecule is CC1CCCC[C]1C1(C)CCCCC1. The van der Waals surface area contributed by atoms with Crippen LogP contribution in [0, 0.1) is 17.3 Å². The highest BCUT2D eigenvalue weighted by Crippen LogP contribution is 2.51. The third-order valence-corrected chi connectivity index (χ3v) is 4.66. The smallest absolute Gasteiger partial charge is 0.0154 e. The van der Waals surface area contributed by atoms with Gasteiger partial charge in [0.1, 0.15) is 0 Å². The second-order valence-corrected chi connectivity index (χ2v) is 5.79. The lowest BCUT2D eigenvalue weighted by molar-refractivity contribution is 0.173. The summed E-state index contributed by atoms with van der Waals surface area (Å²) in [6, 6.07) is 0. The summed E-state index contributed by atoms with van der Waals surface area (Å²) in [7, 11) is 0. The van der Waals surface area contributed by atoms with Gasteiger partial charge in [-0.2, -0.15) is 0 Å². The third-order valence-electron chi connectivity index (χ3n) is 4.66. The monoisotopic (exact) mass is 193 g/mol. The first-order valence-electron chi connectivity index (χ1n) is 6.58. The van der Waals surface area contributed by atoms with Crippen LogP contribution in [0.25, 0.3) is 0 Å². The second kappa shape index (κ2) is 4.24. The van der Waals surface area contributed by atoms with Crippen LogP contribution in [0.2, 0.25) is 0 Å². The van der Waals surface area contributed by atoms with Crippen molar-refractivity contribution in [1.29, 1.82) is 0 Å². The molecule has 1 atom stereocenters. The molecule has 1 unspecified atom stereocenters. The Hall–Kier alpha value is 0. The molecule has 0 heteroatoms. The summed E-state index contributed by atoms with van der Waals surface area (Å²) in [5.41, 5.74) is 0.637. The van der Waals surface area contributed by atoms with Gasteiger partial charge in [-0.25, -0.2) is 0 Å². The molecule has 0 amide bonds. The molecular weight excluding hydrogens is 168 g/mol. The van der Waals surface area contributed by atoms with Gasteiger partial charge in [-0.3, -0.25) is 0 Å². The van der Waals surface area contributed by atoms with Crippen molar-refractivity contribution in [3.8, 4) is 0 Å². The molecular formula is C14H25. The highest BCUT2D eigenvalue weighted by Gasteiger charge is 2.39. The predicted octanol–water partition coefficient (Wildman–Crippen LogP) is 4.74. The summed E-state index contributed by atoms with van der Waals surface area (Å²) in [4.78, 5) is 0. The van der Waals surface area contributed by atoms with Gasteiger partial charge in [-0.15, -0.1) is 0 Å². The Morgan fingerprint density at radius 3 is 2.36 bits per heavy atom. The van der Waals surface area contributed by atoms with Crippen molar-refractivity contribution in [3.05, 3.63) is 5.92 Å². The van der Waals surface area contributed by atoms with Gasteiger partial charge in [-0.05, 0) is 36.5 Å². The van der Waals surface area contributed by atoms with Crippen LogP contribution in [0.3, 0.4) is 0 Å². The fraction of sp³-hybridized carbons (Fsp3) is 0.929. The van der Waals surface area contributed by atoms with E-state index < -0.39 is 0 Å². The first-order valence-corrected chi connectivity index (χ1v) is 6.58. The molecule has 2 saturated carbocycles. The molecule has 1 radical (unpaired) electrons. The van der Waals surface area contributed by atoms with Crippen LogP contribution in [0.5, 0.6) is 0 Å². The molecule has 0 aromatic heterocycles. The van der Waals surface area contributed by atoms with E-state index in [0.29, 0.717) is 5.41 Å². The molecule has 0 aromatic carbocycles. The Morgan fingerprint density at radius 1 is 1.00 bits per heavy atom. The molecule has 0 nitrogen and oxygen atoms in total. The molecule has 0 aliphatic heterocycles. The Bertz CT molecular complexity index is 176. The van der Waals surface area contributed by atoms with Crippen LogP contribution in [0.1, 0.15) is 71.6 Å². The van der Waals surface area contributed by atoms with Crippen molar-refractivity contribution in [2.75, 3.05) is 0 Å². The summed E-state index contributed by atoms with van der Waals surface area (Å²) < 4.78 is 0. The van der Waals surface area contributed by atoms with Crippen LogP contribution in [-0.4, -0.2) is 0 Å². The van der Waals surface area contributed by atoms with E-state index in [1.54, 1.807) is 0 Å². The molecule has 2 aliphatic rings. The van der Waals surface area contributed by atoms with Gasteiger partial charge in [0.15, 0.2) is 0 Å². The lowest BCUT2D eigenvalue weighted by Crippen LogP contribution is -2.34. The van der Waals surface area contributed by atoms with Crippen molar-refractivity contribution in [1.82, 2.24) is 0 Å². The minimum atomic E-state index is 0.637. The molecule has 0 aromatic rings. The molecule has 0 bridgehead atoms. The average molecular weight is 193 g/mol. The maximum atomic E-state index is 2.54. The Morgan fingerprint density at radius 2 is 1.71 bits per heavy atom. The van der Waals surface area contributed by atoms with Gasteiger partial charge in [0.05, 0.1) is 0 Å². The van der Waals surface area contributed by atoms with Gasteiger partial charge >= 0.3 is 0 Å². The van der Waals surface area contributed by atoms with Crippen molar-refractivity contribution in [2.24, 2.45) is 11.3 Å². The van der Waals surface area contributed by atoms with E-state index >= 15 is 0 Å². The standard InChI is InChI=1S/C14H25/c1-12-8-4-5-9-13(12)14(2)10-6-3-7-11-14/h12H,3-11H2,1-2H3. The van der Waals surface area contributed by atoms with Crippen LogP contribution < -0.4 is 0 Å². The maximum absolute atomic E-state index is 2.54. The zero-order valence-electron chi connectivity index (χ0n) is 9.94. The van der Waals surface area contributed by atoms with Gasteiger partial charge in [0.25, 0.3) is 0 Å². The zero-order valence-corrected chi connectivity index (χ0v) is 9.94. The first kappa shape index (κ1) is 10.5. The zero-order chi connectivity index (χ0) is 10.0. The summed E-state index contributed by atoms with van der Waals surface area (Å²) >= 11 is 0. The molecule has 0 N–H and O–H groups in total. The second-order valence-electron chi connectivity index (χ2n) is 5.79. The molecule has 2 aliphatic carbocycles. The van der Waals surface area contributed by atoms with Gasteiger partial charge in [0.2, 0.25) is 0 Å². The van der Waals surface area contributed by atoms with E-state index in [0.717, 1.165) is 5.92 Å². The van der Waals surface area contributed by atoms with Crippen LogP contribution >= 0.6 is 0 Å². The van der Waals surface area contributed by atoms with E-state index in [1.165, 1.54) is 57.8 Å². The van der Waals surface area contributed by atoms with Crippen LogP contribution in [0.4, 0.5) is 0 Å². The Labute approximate surface area is 89.5 Å². The van der Waals surface area contributed by atoms with E-state index in [2.05, 4.69) is 13.8 Å². The lowest BCUT2D eigenvalue weighted by atomic mass is 9.60. The molecule has 14 heavy (non-hydrogen) atoms. The predicted molar refractivity (Wildman–Crippen MR) is 62.1 cm³/mol. The minimum absolute atomic E-state index is 0.637. The fourth-order valence-electron chi connectivity index (χ4n) is 3.74. The topological polar surface area (TPSA) is 0 Å². The number of hydrogen-bond donors (Lipinski definition) is 0. The quantitative estimate of drug-likeness (QED) is 0.564. The van der Waals surface area contributed by atoms with E-state index in [4.69, 9.17) is 0 Å². The Kier molecular flexibility index (Phi) is 3.19. The molecule has 0 saturated heterocycles. The fourth-order valence-corrected chi connectivity index (χ4v) is 3.74. The van der Waals surface area contributed by atoms with Gasteiger partial charge < -0.3 is 0 Å². The minimum Gasteiger partial charge on any atom is -0.0619 e. The summed E-state index contributed by atoms with van der Waals surface area (Å²) in [5.74, 6) is 2.86. The third kappa shape index (κ3) is 1.99. The van der Waals surface area contributed by atoms with Crippen molar-refractivity contribution >= 4 is 0 Å². The maximum Gasteiger partial charge on any atom is -0.0154 e. The molecule has 2 fully saturated rings. The highest BCUT2D eigenvalue weighted by atomic mass is 14.4. The summed E-state index contributed by atoms with van der Waals surface area (Å²) in [6.45, 7) is 5.01. The van der Waals surface area contributed by atoms with E-state index in [1.807, 2.05) is 5.92 Å². The van der Waals surface area contributed by atoms with Crippen molar-refractivity contribution < 1.29 is 0 Å². The average Bonchev–Trinajstić information content (AvgIpc) is 2.19. The largest absolute Gasteiger partial charge is 0.0619 e. The van der Waals surface area contributed by atoms with Gasteiger partial charge in [-0.1, -0.05) is 52.4 Å². The van der Waals surface area contributed by atoms with Crippen molar-refractivity contribution in [2.45, 2.75) is 71.6 Å². The molecule has 0 spiro atoms. The Balaban J connectivity index is 2.02. The van der Waals surface area contributed by atoms with Crippen LogP contribution in [0.15, 0.2) is 0 Å².